The van der Waals surface area contributed by atoms with Crippen LogP contribution in [0.4, 0.5) is 0 Å². The number of nitrogens with zero attached hydrogens (tertiary/aromatic N) is 2. The van der Waals surface area contributed by atoms with Gasteiger partial charge in [0.1, 0.15) is 5.75 Å². The fourth-order valence-electron chi connectivity index (χ4n) is 2.39. The van der Waals surface area contributed by atoms with Crippen LogP contribution in [0.15, 0.2) is 24.3 Å². The first-order valence-corrected chi connectivity index (χ1v) is 6.32. The molecule has 2 rings (SSSR count). The first-order chi connectivity index (χ1) is 8.58. The summed E-state index contributed by atoms with van der Waals surface area (Å²) in [5.74, 6) is 0.123. The minimum Gasteiger partial charge on any atom is -0.508 e. The largest absolute Gasteiger partial charge is 0.508 e. The van der Waals surface area contributed by atoms with Gasteiger partial charge in [-0.25, -0.2) is 0 Å². The molecule has 0 radical (unpaired) electrons. The van der Waals surface area contributed by atoms with Crippen LogP contribution >= 0.6 is 0 Å². The molecule has 0 atom stereocenters. The molecule has 0 unspecified atom stereocenters. The van der Waals surface area contributed by atoms with Gasteiger partial charge < -0.3 is 14.9 Å². The molecule has 1 N–H and O–H groups in total. The van der Waals surface area contributed by atoms with Gasteiger partial charge in [0, 0.05) is 18.7 Å². The number of hydrogen-bond acceptors (Lipinski definition) is 3. The fraction of sp³-hybridized carbons (Fsp3) is 0.500. The molecule has 1 heterocycles. The molecule has 4 nitrogen and oxygen atoms in total. The summed E-state index contributed by atoms with van der Waals surface area (Å²) < 4.78 is 0. The van der Waals surface area contributed by atoms with E-state index in [4.69, 9.17) is 0 Å². The molecule has 0 spiro atoms. The highest BCUT2D eigenvalue weighted by Crippen LogP contribution is 2.18. The Hall–Kier alpha value is -1.55. The Morgan fingerprint density at radius 3 is 2.67 bits per heavy atom. The maximum Gasteiger partial charge on any atom is 0.253 e. The zero-order valence-electron chi connectivity index (χ0n) is 11.0. The van der Waals surface area contributed by atoms with Crippen LogP contribution in [0.1, 0.15) is 23.2 Å². The van der Waals surface area contributed by atoms with Crippen LogP contribution in [0, 0.1) is 0 Å². The lowest BCUT2D eigenvalue weighted by molar-refractivity contribution is 0.0659. The van der Waals surface area contributed by atoms with Crippen molar-refractivity contribution in [2.24, 2.45) is 0 Å². The molecular formula is C14H20N2O2. The standard InChI is InChI=1S/C14H20N2O2/c1-15-8-6-12(7-9-15)16(2)14(18)11-4-3-5-13(17)10-11/h3-5,10,12,17H,6-9H2,1-2H3. The number of aromatic hydroxyl groups is 1. The Labute approximate surface area is 108 Å². The van der Waals surface area contributed by atoms with Crippen molar-refractivity contribution in [1.82, 2.24) is 9.80 Å². The van der Waals surface area contributed by atoms with Crippen LogP contribution in [-0.2, 0) is 0 Å². The summed E-state index contributed by atoms with van der Waals surface area (Å²) >= 11 is 0. The van der Waals surface area contributed by atoms with Crippen molar-refractivity contribution >= 4 is 5.91 Å². The Kier molecular flexibility index (Phi) is 3.87. The minimum atomic E-state index is -0.0135. The molecule has 0 saturated carbocycles. The van der Waals surface area contributed by atoms with E-state index in [9.17, 15) is 9.90 Å². The normalized spacial score (nSPS) is 17.7. The molecule has 0 aromatic heterocycles. The summed E-state index contributed by atoms with van der Waals surface area (Å²) in [6.07, 6.45) is 2.02. The van der Waals surface area contributed by atoms with E-state index >= 15 is 0 Å². The van der Waals surface area contributed by atoms with E-state index < -0.39 is 0 Å². The summed E-state index contributed by atoms with van der Waals surface area (Å²) in [6.45, 7) is 2.06. The topological polar surface area (TPSA) is 43.8 Å². The molecule has 0 aliphatic carbocycles. The quantitative estimate of drug-likeness (QED) is 0.863. The van der Waals surface area contributed by atoms with E-state index in [1.165, 1.54) is 6.07 Å². The smallest absolute Gasteiger partial charge is 0.253 e. The molecule has 1 amide bonds. The lowest BCUT2D eigenvalue weighted by atomic mass is 10.0. The average Bonchev–Trinajstić information content (AvgIpc) is 2.38. The number of phenolic OH excluding ortho intramolecular Hbond substituents is 1. The van der Waals surface area contributed by atoms with Gasteiger partial charge in [-0.1, -0.05) is 6.07 Å². The van der Waals surface area contributed by atoms with E-state index in [0.717, 1.165) is 25.9 Å². The highest BCUT2D eigenvalue weighted by molar-refractivity contribution is 5.94. The number of likely N-dealkylation sites (tertiary alicyclic amines) is 1. The Morgan fingerprint density at radius 1 is 1.39 bits per heavy atom. The second-order valence-electron chi connectivity index (χ2n) is 5.00. The van der Waals surface area contributed by atoms with Gasteiger partial charge in [-0.2, -0.15) is 0 Å². The average molecular weight is 248 g/mol. The van der Waals surface area contributed by atoms with Crippen molar-refractivity contribution < 1.29 is 9.90 Å². The van der Waals surface area contributed by atoms with Crippen LogP contribution in [0.3, 0.4) is 0 Å². The van der Waals surface area contributed by atoms with Gasteiger partial charge >= 0.3 is 0 Å². The number of amides is 1. The third kappa shape index (κ3) is 2.82. The predicted octanol–water partition coefficient (Wildman–Crippen LogP) is 1.56. The Bertz CT molecular complexity index is 426. The fourth-order valence-corrected chi connectivity index (χ4v) is 2.39. The third-order valence-electron chi connectivity index (χ3n) is 3.65. The first kappa shape index (κ1) is 12.9. The van der Waals surface area contributed by atoms with Crippen molar-refractivity contribution in [2.75, 3.05) is 27.2 Å². The lowest BCUT2D eigenvalue weighted by Gasteiger charge is -2.35. The summed E-state index contributed by atoms with van der Waals surface area (Å²) in [4.78, 5) is 16.4. The van der Waals surface area contributed by atoms with Crippen LogP contribution in [0.2, 0.25) is 0 Å². The number of phenols is 1. The van der Waals surface area contributed by atoms with Gasteiger partial charge in [0.15, 0.2) is 0 Å². The van der Waals surface area contributed by atoms with Crippen molar-refractivity contribution in [3.05, 3.63) is 29.8 Å². The van der Waals surface area contributed by atoms with Gasteiger partial charge in [-0.15, -0.1) is 0 Å². The number of rotatable bonds is 2. The number of carbonyl (C=O) groups is 1. The maximum absolute atomic E-state index is 12.3. The van der Waals surface area contributed by atoms with Gasteiger partial charge in [0.05, 0.1) is 0 Å². The van der Waals surface area contributed by atoms with Crippen LogP contribution in [-0.4, -0.2) is 54.0 Å². The highest BCUT2D eigenvalue weighted by atomic mass is 16.3. The molecule has 4 heteroatoms. The number of piperidine rings is 1. The van der Waals surface area contributed by atoms with Crippen molar-refractivity contribution in [1.29, 1.82) is 0 Å². The van der Waals surface area contributed by atoms with E-state index in [1.54, 1.807) is 18.2 Å². The second kappa shape index (κ2) is 5.40. The monoisotopic (exact) mass is 248 g/mol. The summed E-state index contributed by atoms with van der Waals surface area (Å²) in [5, 5.41) is 9.41. The van der Waals surface area contributed by atoms with Gasteiger partial charge in [-0.05, 0) is 51.2 Å². The first-order valence-electron chi connectivity index (χ1n) is 6.32. The highest BCUT2D eigenvalue weighted by Gasteiger charge is 2.24. The molecular weight excluding hydrogens is 228 g/mol. The molecule has 1 aromatic rings. The minimum absolute atomic E-state index is 0.0135. The number of benzene rings is 1. The third-order valence-corrected chi connectivity index (χ3v) is 3.65. The molecule has 0 bridgehead atoms. The van der Waals surface area contributed by atoms with Crippen LogP contribution in [0.25, 0.3) is 0 Å². The second-order valence-corrected chi connectivity index (χ2v) is 5.00. The van der Waals surface area contributed by atoms with E-state index in [0.29, 0.717) is 11.6 Å². The van der Waals surface area contributed by atoms with Crippen molar-refractivity contribution in [3.63, 3.8) is 0 Å². The zero-order valence-corrected chi connectivity index (χ0v) is 11.0. The van der Waals surface area contributed by atoms with Crippen LogP contribution < -0.4 is 0 Å². The summed E-state index contributed by atoms with van der Waals surface area (Å²) in [7, 11) is 3.95. The van der Waals surface area contributed by atoms with E-state index in [2.05, 4.69) is 11.9 Å². The molecule has 1 aliphatic heterocycles. The van der Waals surface area contributed by atoms with Gasteiger partial charge in [0.25, 0.3) is 5.91 Å². The molecule has 1 saturated heterocycles. The van der Waals surface area contributed by atoms with Gasteiger partial charge in [0.2, 0.25) is 0 Å². The van der Waals surface area contributed by atoms with Crippen LogP contribution in [0.5, 0.6) is 5.75 Å². The Morgan fingerprint density at radius 2 is 2.06 bits per heavy atom. The summed E-state index contributed by atoms with van der Waals surface area (Å²) in [5.41, 5.74) is 0.552. The summed E-state index contributed by atoms with van der Waals surface area (Å²) in [6, 6.07) is 6.84. The van der Waals surface area contributed by atoms with Gasteiger partial charge in [-0.3, -0.25) is 4.79 Å². The number of hydrogen-bond donors (Lipinski definition) is 1. The molecule has 18 heavy (non-hydrogen) atoms. The maximum atomic E-state index is 12.3. The van der Waals surface area contributed by atoms with E-state index in [-0.39, 0.29) is 11.7 Å². The van der Waals surface area contributed by atoms with Crippen molar-refractivity contribution in [3.8, 4) is 5.75 Å². The molecule has 98 valence electrons. The van der Waals surface area contributed by atoms with Crippen molar-refractivity contribution in [2.45, 2.75) is 18.9 Å². The molecule has 1 aromatic carbocycles. The Balaban J connectivity index is 2.04. The SMILES string of the molecule is CN1CCC(N(C)C(=O)c2cccc(O)c2)CC1. The molecule has 1 fully saturated rings. The van der Waals surface area contributed by atoms with E-state index in [1.807, 2.05) is 11.9 Å². The lowest BCUT2D eigenvalue weighted by Crippen LogP contribution is -2.44. The number of carbonyl (C=O) groups excluding carboxylic acids is 1. The zero-order chi connectivity index (χ0) is 13.1. The predicted molar refractivity (Wildman–Crippen MR) is 70.7 cm³/mol. The molecule has 1 aliphatic rings.